The van der Waals surface area contributed by atoms with Gasteiger partial charge in [-0.05, 0) is 17.7 Å². The van der Waals surface area contributed by atoms with Gasteiger partial charge in [-0.1, -0.05) is 0 Å². The number of aromatic nitrogens is 2. The number of rotatable bonds is 5. The van der Waals surface area contributed by atoms with E-state index in [-0.39, 0.29) is 0 Å². The van der Waals surface area contributed by atoms with Gasteiger partial charge < -0.3 is 24.3 Å². The molecular weight excluding hydrogens is 314 g/mol. The van der Waals surface area contributed by atoms with Gasteiger partial charge in [0.25, 0.3) is 0 Å². The highest BCUT2D eigenvalue weighted by Gasteiger charge is 2.34. The van der Waals surface area contributed by atoms with Crippen molar-refractivity contribution in [1.82, 2.24) is 15.3 Å². The molecule has 8 nitrogen and oxygen atoms in total. The minimum atomic E-state index is -0.910. The third-order valence-corrected chi connectivity index (χ3v) is 4.12. The fourth-order valence-corrected chi connectivity index (χ4v) is 2.97. The zero-order valence-corrected chi connectivity index (χ0v) is 13.6. The Balaban J connectivity index is 2.09. The van der Waals surface area contributed by atoms with E-state index in [0.717, 1.165) is 17.0 Å². The monoisotopic (exact) mass is 333 g/mol. The summed E-state index contributed by atoms with van der Waals surface area (Å²) in [6, 6.07) is 2.49. The number of aliphatic carboxylic acids is 1. The van der Waals surface area contributed by atoms with Crippen LogP contribution in [-0.4, -0.2) is 48.4 Å². The summed E-state index contributed by atoms with van der Waals surface area (Å²) in [6.07, 6.45) is 1.92. The van der Waals surface area contributed by atoms with Crippen LogP contribution in [-0.2, 0) is 11.2 Å². The van der Waals surface area contributed by atoms with Crippen LogP contribution in [0.25, 0.3) is 0 Å². The molecule has 0 bridgehead atoms. The van der Waals surface area contributed by atoms with Crippen LogP contribution in [0.2, 0.25) is 0 Å². The first kappa shape index (κ1) is 16.1. The zero-order chi connectivity index (χ0) is 17.3. The molecule has 0 saturated heterocycles. The second-order valence-electron chi connectivity index (χ2n) is 5.42. The summed E-state index contributed by atoms with van der Waals surface area (Å²) >= 11 is 0. The number of hydrogen-bond acceptors (Lipinski definition) is 6. The molecule has 1 aromatic heterocycles. The average Bonchev–Trinajstić information content (AvgIpc) is 3.07. The smallest absolute Gasteiger partial charge is 0.321 e. The van der Waals surface area contributed by atoms with E-state index in [0.29, 0.717) is 23.7 Å². The number of methoxy groups -OCH3 is 3. The fourth-order valence-electron chi connectivity index (χ4n) is 2.97. The first-order valence-electron chi connectivity index (χ1n) is 7.40. The van der Waals surface area contributed by atoms with Crippen molar-refractivity contribution in [3.8, 4) is 17.2 Å². The topological polar surface area (TPSA) is 106 Å². The van der Waals surface area contributed by atoms with Crippen molar-refractivity contribution < 1.29 is 24.1 Å². The third-order valence-electron chi connectivity index (χ3n) is 4.12. The molecule has 2 unspecified atom stereocenters. The lowest BCUT2D eigenvalue weighted by molar-refractivity contribution is -0.139. The van der Waals surface area contributed by atoms with Crippen LogP contribution in [0.15, 0.2) is 18.5 Å². The van der Waals surface area contributed by atoms with Gasteiger partial charge in [-0.2, -0.15) is 0 Å². The number of nitrogens with one attached hydrogen (secondary N) is 2. The van der Waals surface area contributed by atoms with E-state index < -0.39 is 18.1 Å². The average molecular weight is 333 g/mol. The molecule has 0 fully saturated rings. The number of carbonyl (C=O) groups is 1. The minimum absolute atomic E-state index is 0.353. The Morgan fingerprint density at radius 3 is 2.42 bits per heavy atom. The van der Waals surface area contributed by atoms with Crippen molar-refractivity contribution in [1.29, 1.82) is 0 Å². The molecule has 2 aromatic rings. The zero-order valence-electron chi connectivity index (χ0n) is 13.6. The van der Waals surface area contributed by atoms with Gasteiger partial charge in [0.2, 0.25) is 5.75 Å². The molecule has 3 N–H and O–H groups in total. The van der Waals surface area contributed by atoms with E-state index in [2.05, 4.69) is 15.3 Å². The summed E-state index contributed by atoms with van der Waals surface area (Å²) in [5.74, 6) is 0.579. The Labute approximate surface area is 138 Å². The molecule has 0 saturated carbocycles. The lowest BCUT2D eigenvalue weighted by atomic mass is 9.93. The van der Waals surface area contributed by atoms with Gasteiger partial charge in [0.15, 0.2) is 11.5 Å². The summed E-state index contributed by atoms with van der Waals surface area (Å²) in [7, 11) is 4.61. The third kappa shape index (κ3) is 2.65. The van der Waals surface area contributed by atoms with Crippen LogP contribution in [0.1, 0.15) is 23.0 Å². The highest BCUT2D eigenvalue weighted by atomic mass is 16.5. The number of benzene rings is 1. The van der Waals surface area contributed by atoms with Crippen LogP contribution < -0.4 is 19.5 Å². The highest BCUT2D eigenvalue weighted by molar-refractivity contribution is 5.74. The number of hydrogen-bond donors (Lipinski definition) is 3. The normalized spacial score (nSPS) is 19.5. The number of fused-ring (bicyclic) bond motifs is 1. The van der Waals surface area contributed by atoms with Gasteiger partial charge in [0.05, 0.1) is 39.4 Å². The number of H-pyrrole nitrogens is 1. The van der Waals surface area contributed by atoms with Crippen molar-refractivity contribution in [2.24, 2.45) is 0 Å². The molecular formula is C16H19N3O5. The molecule has 3 rings (SSSR count). The van der Waals surface area contributed by atoms with Crippen LogP contribution in [0.4, 0.5) is 0 Å². The van der Waals surface area contributed by atoms with Gasteiger partial charge in [0, 0.05) is 12.1 Å². The van der Waals surface area contributed by atoms with E-state index in [1.807, 2.05) is 0 Å². The maximum Gasteiger partial charge on any atom is 0.321 e. The molecule has 1 aliphatic rings. The van der Waals surface area contributed by atoms with E-state index in [1.165, 1.54) is 21.3 Å². The molecule has 2 heterocycles. The number of aromatic amines is 1. The summed E-state index contributed by atoms with van der Waals surface area (Å²) in [6.45, 7) is 0. The Bertz CT molecular complexity index is 733. The minimum Gasteiger partial charge on any atom is -0.493 e. The Kier molecular flexibility index (Phi) is 4.30. The quantitative estimate of drug-likeness (QED) is 0.753. The van der Waals surface area contributed by atoms with Crippen molar-refractivity contribution in [3.05, 3.63) is 35.4 Å². The number of carboxylic acids is 1. The molecule has 1 aliphatic heterocycles. The number of imidazole rings is 1. The Morgan fingerprint density at radius 1 is 1.21 bits per heavy atom. The standard InChI is InChI=1S/C16H19N3O5/c1-22-11-4-8(5-12(23-2)15(11)24-3)13-14-9(17-7-18-14)6-10(19-13)16(20)21/h4-5,7,10,13,19H,6H2,1-3H3,(H,17,18)(H,20,21). The summed E-state index contributed by atoms with van der Waals surface area (Å²) < 4.78 is 16.1. The molecule has 2 atom stereocenters. The molecule has 0 spiro atoms. The molecule has 24 heavy (non-hydrogen) atoms. The van der Waals surface area contributed by atoms with Gasteiger partial charge in [0.1, 0.15) is 6.04 Å². The predicted octanol–water partition coefficient (Wildman–Crippen LogP) is 1.12. The van der Waals surface area contributed by atoms with Crippen molar-refractivity contribution in [2.45, 2.75) is 18.5 Å². The Morgan fingerprint density at radius 2 is 1.88 bits per heavy atom. The van der Waals surface area contributed by atoms with Crippen LogP contribution in [0.3, 0.4) is 0 Å². The van der Waals surface area contributed by atoms with Crippen LogP contribution >= 0.6 is 0 Å². The maximum absolute atomic E-state index is 11.4. The van der Waals surface area contributed by atoms with Gasteiger partial charge in [-0.15, -0.1) is 0 Å². The number of nitrogens with zero attached hydrogens (tertiary/aromatic N) is 1. The first-order chi connectivity index (χ1) is 11.6. The van der Waals surface area contributed by atoms with Crippen LogP contribution in [0, 0.1) is 0 Å². The summed E-state index contributed by atoms with van der Waals surface area (Å²) in [4.78, 5) is 18.8. The van der Waals surface area contributed by atoms with Gasteiger partial charge in [-0.3, -0.25) is 10.1 Å². The predicted molar refractivity (Wildman–Crippen MR) is 84.8 cm³/mol. The van der Waals surface area contributed by atoms with E-state index in [1.54, 1.807) is 18.5 Å². The molecule has 0 amide bonds. The second kappa shape index (κ2) is 6.40. The molecule has 0 radical (unpaired) electrons. The van der Waals surface area contributed by atoms with Crippen molar-refractivity contribution in [3.63, 3.8) is 0 Å². The summed E-state index contributed by atoms with van der Waals surface area (Å²) in [5, 5.41) is 12.5. The van der Waals surface area contributed by atoms with Crippen LogP contribution in [0.5, 0.6) is 17.2 Å². The Hall–Kier alpha value is -2.74. The van der Waals surface area contributed by atoms with Crippen molar-refractivity contribution in [2.75, 3.05) is 21.3 Å². The molecule has 8 heteroatoms. The molecule has 1 aromatic carbocycles. The summed E-state index contributed by atoms with van der Waals surface area (Å²) in [5.41, 5.74) is 2.35. The lowest BCUT2D eigenvalue weighted by Crippen LogP contribution is -2.45. The molecule has 128 valence electrons. The maximum atomic E-state index is 11.4. The number of carboxylic acid groups (broad SMARTS) is 1. The second-order valence-corrected chi connectivity index (χ2v) is 5.42. The first-order valence-corrected chi connectivity index (χ1v) is 7.40. The number of ether oxygens (including phenoxy) is 3. The van der Waals surface area contributed by atoms with Gasteiger partial charge >= 0.3 is 5.97 Å². The SMILES string of the molecule is COc1cc(C2NC(C(=O)O)Cc3[nH]cnc32)cc(OC)c1OC. The van der Waals surface area contributed by atoms with E-state index in [4.69, 9.17) is 14.2 Å². The fraction of sp³-hybridized carbons (Fsp3) is 0.375. The van der Waals surface area contributed by atoms with E-state index >= 15 is 0 Å². The highest BCUT2D eigenvalue weighted by Crippen LogP contribution is 2.41. The van der Waals surface area contributed by atoms with E-state index in [9.17, 15) is 9.90 Å². The largest absolute Gasteiger partial charge is 0.493 e. The lowest BCUT2D eigenvalue weighted by Gasteiger charge is -2.29. The van der Waals surface area contributed by atoms with Crippen molar-refractivity contribution >= 4 is 5.97 Å². The van der Waals surface area contributed by atoms with Gasteiger partial charge in [-0.25, -0.2) is 4.98 Å². The molecule has 0 aliphatic carbocycles.